The van der Waals surface area contributed by atoms with E-state index in [1.807, 2.05) is 0 Å². The molecule has 0 fully saturated rings. The van der Waals surface area contributed by atoms with E-state index in [1.54, 1.807) is 0 Å². The lowest BCUT2D eigenvalue weighted by Crippen LogP contribution is -1.78. The van der Waals surface area contributed by atoms with E-state index in [1.165, 1.54) is 11.1 Å². The summed E-state index contributed by atoms with van der Waals surface area (Å²) in [5.41, 5.74) is 2.62. The molecule has 0 nitrogen and oxygen atoms in total. The van der Waals surface area contributed by atoms with Gasteiger partial charge in [-0.15, -0.1) is 0 Å². The molecular weight excluding hydrogens is 135 g/mol. The van der Waals surface area contributed by atoms with Crippen molar-refractivity contribution < 1.29 is 0 Å². The van der Waals surface area contributed by atoms with Gasteiger partial charge in [-0.05, 0) is 25.8 Å². The molecule has 0 aromatic heterocycles. The Morgan fingerprint density at radius 1 is 1.20 bits per heavy atom. The van der Waals surface area contributed by atoms with Gasteiger partial charge < -0.3 is 0 Å². The molecule has 0 unspecified atom stereocenters. The molecule has 1 radical (unpaired) electrons. The third-order valence-electron chi connectivity index (χ3n) is 1.41. The number of benzene rings is 1. The fraction of sp³-hybridized carbons (Fsp3) is 0.222. The molecule has 0 aliphatic rings. The fourth-order valence-electron chi connectivity index (χ4n) is 0.755. The minimum absolute atomic E-state index is 0. The largest absolute Gasteiger partial charge is 0.187 e. The van der Waals surface area contributed by atoms with Gasteiger partial charge >= 0.3 is 0 Å². The van der Waals surface area contributed by atoms with Crippen molar-refractivity contribution in [3.63, 3.8) is 0 Å². The average Bonchev–Trinajstić information content (AvgIpc) is 1.90. The Labute approximate surface area is 73.4 Å². The number of rotatable bonds is 1. The van der Waals surface area contributed by atoms with Crippen molar-refractivity contribution in [3.05, 3.63) is 42.3 Å². The van der Waals surface area contributed by atoms with E-state index >= 15 is 0 Å². The second-order valence-electron chi connectivity index (χ2n) is 2.24. The van der Waals surface area contributed by atoms with Gasteiger partial charge in [-0.1, -0.05) is 29.8 Å². The quantitative estimate of drug-likeness (QED) is 0.526. The SMILES string of the molecule is [AlH3].[CH2]Cc1ccc(C)cc1. The summed E-state index contributed by atoms with van der Waals surface area (Å²) in [6, 6.07) is 8.45. The highest BCUT2D eigenvalue weighted by Crippen LogP contribution is 2.02. The van der Waals surface area contributed by atoms with Crippen molar-refractivity contribution in [2.75, 3.05) is 0 Å². The second-order valence-corrected chi connectivity index (χ2v) is 2.24. The number of aryl methyl sites for hydroxylation is 1. The molecule has 0 spiro atoms. The zero-order chi connectivity index (χ0) is 6.69. The molecule has 53 valence electrons. The Kier molecular flexibility index (Phi) is 4.44. The lowest BCUT2D eigenvalue weighted by atomic mass is 10.1. The molecule has 0 aliphatic heterocycles. The summed E-state index contributed by atoms with van der Waals surface area (Å²) in [5, 5.41) is 0. The van der Waals surface area contributed by atoms with Crippen LogP contribution in [-0.2, 0) is 6.42 Å². The summed E-state index contributed by atoms with van der Waals surface area (Å²) in [6.45, 7) is 5.88. The van der Waals surface area contributed by atoms with Gasteiger partial charge in [0.25, 0.3) is 0 Å². The first kappa shape index (κ1) is 9.75. The van der Waals surface area contributed by atoms with Gasteiger partial charge in [-0.2, -0.15) is 0 Å². The molecule has 1 aromatic rings. The minimum Gasteiger partial charge on any atom is -0.0591 e. The monoisotopic (exact) mass is 149 g/mol. The van der Waals surface area contributed by atoms with E-state index in [2.05, 4.69) is 38.1 Å². The molecule has 0 saturated heterocycles. The predicted octanol–water partition coefficient (Wildman–Crippen LogP) is 1.19. The predicted molar refractivity (Wildman–Crippen MR) is 50.2 cm³/mol. The van der Waals surface area contributed by atoms with Crippen LogP contribution in [0, 0.1) is 13.8 Å². The van der Waals surface area contributed by atoms with Crippen molar-refractivity contribution in [3.8, 4) is 0 Å². The molecule has 0 atom stereocenters. The van der Waals surface area contributed by atoms with Gasteiger partial charge in [0, 0.05) is 0 Å². The molecule has 0 bridgehead atoms. The van der Waals surface area contributed by atoms with Crippen LogP contribution in [0.5, 0.6) is 0 Å². The van der Waals surface area contributed by atoms with Crippen LogP contribution in [0.3, 0.4) is 0 Å². The summed E-state index contributed by atoms with van der Waals surface area (Å²) in [7, 11) is 0. The summed E-state index contributed by atoms with van der Waals surface area (Å²) in [4.78, 5) is 0. The molecule has 0 N–H and O–H groups in total. The summed E-state index contributed by atoms with van der Waals surface area (Å²) >= 11 is 0. The Morgan fingerprint density at radius 2 is 1.70 bits per heavy atom. The van der Waals surface area contributed by atoms with Gasteiger partial charge in [0.15, 0.2) is 17.4 Å². The minimum atomic E-state index is 0. The van der Waals surface area contributed by atoms with E-state index in [0.717, 1.165) is 6.42 Å². The van der Waals surface area contributed by atoms with Gasteiger partial charge in [-0.3, -0.25) is 0 Å². The van der Waals surface area contributed by atoms with Gasteiger partial charge in [0.2, 0.25) is 0 Å². The molecule has 0 amide bonds. The topological polar surface area (TPSA) is 0 Å². The fourth-order valence-corrected chi connectivity index (χ4v) is 0.755. The highest BCUT2D eigenvalue weighted by Gasteiger charge is 1.84. The molecular formula is C9H14Al. The zero-order valence-electron chi connectivity index (χ0n) is 5.72. The third kappa shape index (κ3) is 2.56. The lowest BCUT2D eigenvalue weighted by molar-refractivity contribution is 1.26. The maximum absolute atomic E-state index is 3.79. The van der Waals surface area contributed by atoms with Crippen LogP contribution in [0.15, 0.2) is 24.3 Å². The maximum atomic E-state index is 3.79. The maximum Gasteiger partial charge on any atom is 0.187 e. The van der Waals surface area contributed by atoms with E-state index in [4.69, 9.17) is 0 Å². The van der Waals surface area contributed by atoms with Crippen molar-refractivity contribution in [1.82, 2.24) is 0 Å². The van der Waals surface area contributed by atoms with Crippen LogP contribution in [0.4, 0.5) is 0 Å². The highest BCUT2D eigenvalue weighted by molar-refractivity contribution is 5.75. The summed E-state index contributed by atoms with van der Waals surface area (Å²) in [6.07, 6.45) is 0.889. The van der Waals surface area contributed by atoms with E-state index in [0.29, 0.717) is 0 Å². The van der Waals surface area contributed by atoms with Gasteiger partial charge in [0.05, 0.1) is 0 Å². The van der Waals surface area contributed by atoms with Crippen LogP contribution in [0.1, 0.15) is 11.1 Å². The van der Waals surface area contributed by atoms with Crippen LogP contribution in [-0.4, -0.2) is 17.4 Å². The average molecular weight is 149 g/mol. The van der Waals surface area contributed by atoms with Crippen LogP contribution in [0.25, 0.3) is 0 Å². The van der Waals surface area contributed by atoms with Crippen molar-refractivity contribution in [2.24, 2.45) is 0 Å². The Hall–Kier alpha value is -0.248. The van der Waals surface area contributed by atoms with Crippen molar-refractivity contribution in [1.29, 1.82) is 0 Å². The summed E-state index contributed by atoms with van der Waals surface area (Å²) < 4.78 is 0. The lowest BCUT2D eigenvalue weighted by Gasteiger charge is -1.94. The van der Waals surface area contributed by atoms with Crippen LogP contribution >= 0.6 is 0 Å². The van der Waals surface area contributed by atoms with Crippen molar-refractivity contribution >= 4 is 17.4 Å². The molecule has 0 saturated carbocycles. The molecule has 0 heterocycles. The first-order chi connectivity index (χ1) is 4.33. The molecule has 0 aliphatic carbocycles. The van der Waals surface area contributed by atoms with Crippen LogP contribution in [0.2, 0.25) is 0 Å². The van der Waals surface area contributed by atoms with E-state index in [9.17, 15) is 0 Å². The standard InChI is InChI=1S/C9H11.Al.3H/c1-3-9-6-4-8(2)5-7-9;;;;/h4-7H,1,3H2,2H3;;;;. The number of hydrogen-bond donors (Lipinski definition) is 0. The molecule has 1 heteroatoms. The molecule has 10 heavy (non-hydrogen) atoms. The van der Waals surface area contributed by atoms with Gasteiger partial charge in [-0.25, -0.2) is 0 Å². The van der Waals surface area contributed by atoms with Gasteiger partial charge in [0.1, 0.15) is 0 Å². The Balaban J connectivity index is 0.000000810. The second kappa shape index (κ2) is 4.55. The Morgan fingerprint density at radius 3 is 2.10 bits per heavy atom. The van der Waals surface area contributed by atoms with E-state index in [-0.39, 0.29) is 17.4 Å². The summed E-state index contributed by atoms with van der Waals surface area (Å²) in [5.74, 6) is 0. The van der Waals surface area contributed by atoms with Crippen LogP contribution < -0.4 is 0 Å². The van der Waals surface area contributed by atoms with E-state index < -0.39 is 0 Å². The normalized spacial score (nSPS) is 8.60. The highest BCUT2D eigenvalue weighted by atomic mass is 27.0. The smallest absolute Gasteiger partial charge is 0.0591 e. The first-order valence-electron chi connectivity index (χ1n) is 3.17. The number of hydrogen-bond acceptors (Lipinski definition) is 0. The Bertz CT molecular complexity index is 176. The molecule has 1 rings (SSSR count). The first-order valence-corrected chi connectivity index (χ1v) is 3.17. The van der Waals surface area contributed by atoms with Crippen molar-refractivity contribution in [2.45, 2.75) is 13.3 Å². The third-order valence-corrected chi connectivity index (χ3v) is 1.41. The zero-order valence-corrected chi connectivity index (χ0v) is 5.72. The molecule has 1 aromatic carbocycles.